The van der Waals surface area contributed by atoms with E-state index in [-0.39, 0.29) is 103 Å². The number of hydrogen-bond acceptors (Lipinski definition) is 33. The molecule has 8 fully saturated rings. The van der Waals surface area contributed by atoms with Gasteiger partial charge in [-0.05, 0) is 89.9 Å². The quantitative estimate of drug-likeness (QED) is 0.0330. The van der Waals surface area contributed by atoms with Gasteiger partial charge in [0.25, 0.3) is 0 Å². The van der Waals surface area contributed by atoms with Crippen LogP contribution >= 0.6 is 0 Å². The zero-order valence-corrected chi connectivity index (χ0v) is 68.4. The molecule has 0 spiro atoms. The van der Waals surface area contributed by atoms with Gasteiger partial charge in [0, 0.05) is 13.1 Å². The fourth-order valence-electron chi connectivity index (χ4n) is 17.0. The van der Waals surface area contributed by atoms with Crippen molar-refractivity contribution in [2.45, 2.75) is 343 Å². The summed E-state index contributed by atoms with van der Waals surface area (Å²) in [4.78, 5) is 56.1. The van der Waals surface area contributed by atoms with Crippen LogP contribution in [0.2, 0.25) is 0 Å². The van der Waals surface area contributed by atoms with Gasteiger partial charge in [0.2, 0.25) is 23.6 Å². The van der Waals surface area contributed by atoms with Gasteiger partial charge in [0.05, 0.1) is 128 Å². The lowest BCUT2D eigenvalue weighted by atomic mass is 9.85. The van der Waals surface area contributed by atoms with E-state index >= 15 is 0 Å². The van der Waals surface area contributed by atoms with E-state index in [0.717, 1.165) is 64.2 Å². The first-order chi connectivity index (χ1) is 56.4. The molecule has 4 amide bonds. The van der Waals surface area contributed by atoms with Crippen molar-refractivity contribution in [3.8, 4) is 0 Å². The molecule has 28 atom stereocenters. The lowest BCUT2D eigenvalue weighted by Gasteiger charge is -2.48. The molecule has 14 N–H and O–H groups in total. The Kier molecular flexibility index (Phi) is 38.5. The van der Waals surface area contributed by atoms with Crippen molar-refractivity contribution in [2.24, 2.45) is 23.7 Å². The van der Waals surface area contributed by atoms with Crippen LogP contribution in [0, 0.1) is 23.7 Å². The molecule has 117 heavy (non-hydrogen) atoms. The second-order valence-corrected chi connectivity index (χ2v) is 32.6. The predicted octanol–water partition coefficient (Wildman–Crippen LogP) is -1.67. The van der Waals surface area contributed by atoms with Gasteiger partial charge in [-0.1, -0.05) is 101 Å². The number of nitrogens with one attached hydrogen (secondary N) is 4. The highest BCUT2D eigenvalue weighted by Crippen LogP contribution is 2.40. The number of carbonyl (C=O) groups excluding carboxylic acids is 4. The van der Waals surface area contributed by atoms with E-state index in [4.69, 9.17) is 71.1 Å². The molecule has 4 saturated carbocycles. The van der Waals surface area contributed by atoms with Crippen LogP contribution in [0.15, 0.2) is 12.4 Å². The van der Waals surface area contributed by atoms with Gasteiger partial charge < -0.3 is 143 Å². The van der Waals surface area contributed by atoms with Gasteiger partial charge in [-0.15, -0.1) is 10.2 Å². The minimum absolute atomic E-state index is 0.0382. The van der Waals surface area contributed by atoms with E-state index in [2.05, 4.69) is 41.9 Å². The monoisotopic (exact) mass is 1670 g/mol. The molecule has 2 aromatic rings. The van der Waals surface area contributed by atoms with Crippen LogP contribution in [0.5, 0.6) is 0 Å². The van der Waals surface area contributed by atoms with Crippen molar-refractivity contribution in [1.82, 2.24) is 51.3 Å². The largest absolute Gasteiger partial charge is 0.394 e. The first-order valence-electron chi connectivity index (χ1n) is 42.5. The molecule has 4 aliphatic heterocycles. The van der Waals surface area contributed by atoms with Crippen LogP contribution in [0.4, 0.5) is 0 Å². The second-order valence-electron chi connectivity index (χ2n) is 32.6. The lowest BCUT2D eigenvalue weighted by molar-refractivity contribution is -0.336. The molecule has 0 bridgehead atoms. The fraction of sp³-hybridized carbons (Fsp3) is 0.897. The summed E-state index contributed by atoms with van der Waals surface area (Å²) in [6, 6.07) is -2.56. The van der Waals surface area contributed by atoms with Crippen LogP contribution in [0.3, 0.4) is 0 Å². The minimum Gasteiger partial charge on any atom is -0.394 e. The number of carbonyl (C=O) groups is 4. The number of nitrogens with zero attached hydrogens (tertiary/aromatic N) is 6. The Bertz CT molecular complexity index is 3030. The molecule has 39 nitrogen and oxygen atoms in total. The van der Waals surface area contributed by atoms with Crippen LogP contribution in [0.1, 0.15) is 169 Å². The number of ether oxygens (including phenoxy) is 15. The van der Waals surface area contributed by atoms with Gasteiger partial charge in [-0.25, -0.2) is 9.36 Å². The van der Waals surface area contributed by atoms with Gasteiger partial charge in [-0.2, -0.15) is 0 Å². The summed E-state index contributed by atoms with van der Waals surface area (Å²) < 4.78 is 95.1. The third-order valence-corrected chi connectivity index (χ3v) is 23.6. The second kappa shape index (κ2) is 47.7. The Morgan fingerprint density at radius 2 is 0.803 bits per heavy atom. The van der Waals surface area contributed by atoms with E-state index in [1.807, 2.05) is 13.8 Å². The molecule has 0 radical (unpaired) electrons. The molecule has 16 unspecified atom stereocenters. The minimum atomic E-state index is -1.59. The lowest BCUT2D eigenvalue weighted by Crippen LogP contribution is -2.67. The average molecular weight is 1670 g/mol. The highest BCUT2D eigenvalue weighted by atomic mass is 16.7. The standard InChI is InChI=1S/C78H132N10O29/c1-7-79-73(101)53(33-47-19-11-9-12-20-47)110-71-59(75(114-55(39-89)63(71)95)112-51-23-15-17-43(3)69(51)116-77-67(99)65(97)61(93)45(5)108-77)81-57(91)37-87-35-49(83-85-87)41-106-31-29-104-27-25-103-26-28-105-30-32-107-42-50-36-88(86-84-50)38-58(92)82-60-72(111-54(74(102)80-8-2)34-48-21-13-10-14-22-48)64(96)56(40-90)115-76(60)113-52-24-16-18-44(4)70(52)117-78-68(100)66(98)62(94)46(6)109-78/h35-36,43-48,51-56,59-72,75-78,89-90,93-100H,7-34,37-42H2,1-6H3,(H,79,101)(H,80,102)(H,81,91)(H,82,92)/t43?,44?,45?,46?,51-,52-,53+,54+,55?,56?,59?,60?,61-,62-,63+,64+,65?,66?,67?,68?,69?,70?,71?,72?,75-,76-,77+,78+/m1/s1. The molecule has 4 saturated heterocycles. The Hall–Kier alpha value is -4.84. The molecule has 0 aromatic carbocycles. The fourth-order valence-corrected chi connectivity index (χ4v) is 17.0. The Morgan fingerprint density at radius 1 is 0.436 bits per heavy atom. The number of hydrogen-bond donors (Lipinski definition) is 14. The van der Waals surface area contributed by atoms with E-state index in [0.29, 0.717) is 75.8 Å². The number of aliphatic hydroxyl groups is 10. The van der Waals surface area contributed by atoms with Gasteiger partial charge in [-0.3, -0.25) is 19.2 Å². The van der Waals surface area contributed by atoms with Crippen molar-refractivity contribution >= 4 is 23.6 Å². The van der Waals surface area contributed by atoms with Gasteiger partial charge in [0.1, 0.15) is 122 Å². The first-order valence-corrected chi connectivity index (χ1v) is 42.5. The van der Waals surface area contributed by atoms with E-state index in [1.54, 1.807) is 27.7 Å². The van der Waals surface area contributed by atoms with Crippen LogP contribution < -0.4 is 21.3 Å². The summed E-state index contributed by atoms with van der Waals surface area (Å²) >= 11 is 0. The van der Waals surface area contributed by atoms with Crippen molar-refractivity contribution in [1.29, 1.82) is 0 Å². The summed E-state index contributed by atoms with van der Waals surface area (Å²) in [6.45, 7) is 11.2. The van der Waals surface area contributed by atoms with E-state index < -0.39 is 196 Å². The topological polar surface area (TPSA) is 519 Å². The normalized spacial score (nSPS) is 35.3. The van der Waals surface area contributed by atoms with Crippen LogP contribution in [-0.2, 0) is 117 Å². The van der Waals surface area contributed by atoms with Crippen molar-refractivity contribution < 1.29 is 141 Å². The molecule has 8 aliphatic rings. The summed E-state index contributed by atoms with van der Waals surface area (Å²) in [5.74, 6) is -2.03. The predicted molar refractivity (Wildman–Crippen MR) is 406 cm³/mol. The third kappa shape index (κ3) is 27.1. The first kappa shape index (κ1) is 94.4. The Balaban J connectivity index is 0.648. The van der Waals surface area contributed by atoms with Gasteiger partial charge >= 0.3 is 0 Å². The molecular weight excluding hydrogens is 1540 g/mol. The number of amides is 4. The summed E-state index contributed by atoms with van der Waals surface area (Å²) in [7, 11) is 0. The molecule has 10 rings (SSSR count). The SMILES string of the molecule is CCNC(=O)[C@H](CC1CCCCC1)OC1C(NC(=O)Cn2cc(COCCOCCOCCOCCOCc3cn(CC(=O)NC4C(O[C@@H](CC5CCCCC5)C(=O)NCC)[C@@H](O)C(CO)O[C@H]4O[C@@H]4CCCC(C)C4O[C@@H]4OC(C)[C@@H](O)C(O)C4O)nn3)nn2)[C@H](O[C@@H]2CCCC(C)C2O[C@@H]2OC(C)[C@@H](O)C(O)C2O)OC(CO)[C@@H]1O. The maximum Gasteiger partial charge on any atom is 0.249 e. The molecule has 4 aliphatic carbocycles. The van der Waals surface area contributed by atoms with Crippen molar-refractivity contribution in [2.75, 3.05) is 79.2 Å². The van der Waals surface area contributed by atoms with Crippen molar-refractivity contribution in [3.63, 3.8) is 0 Å². The zero-order valence-electron chi connectivity index (χ0n) is 68.4. The Labute approximate surface area is 683 Å². The highest BCUT2D eigenvalue weighted by Gasteiger charge is 2.55. The number of rotatable bonds is 44. The molecule has 39 heteroatoms. The van der Waals surface area contributed by atoms with E-state index in [9.17, 15) is 70.2 Å². The van der Waals surface area contributed by atoms with Crippen LogP contribution in [-0.4, -0.2) is 343 Å². The Morgan fingerprint density at radius 3 is 1.16 bits per heavy atom. The maximum atomic E-state index is 14.2. The summed E-state index contributed by atoms with van der Waals surface area (Å²) in [6.07, 6.45) is -12.5. The number of aliphatic hydroxyl groups excluding tert-OH is 10. The highest BCUT2D eigenvalue weighted by molar-refractivity contribution is 5.81. The van der Waals surface area contributed by atoms with Gasteiger partial charge in [0.15, 0.2) is 25.2 Å². The number of likely N-dealkylation sites (N-methyl/N-ethyl adjacent to an activating group) is 2. The number of aromatic nitrogens is 6. The van der Waals surface area contributed by atoms with Crippen LogP contribution in [0.25, 0.3) is 0 Å². The molecule has 6 heterocycles. The van der Waals surface area contributed by atoms with Crippen molar-refractivity contribution in [3.05, 3.63) is 23.8 Å². The smallest absolute Gasteiger partial charge is 0.249 e. The molecular formula is C78H132N10O29. The maximum absolute atomic E-state index is 14.2. The zero-order chi connectivity index (χ0) is 83.7. The average Bonchev–Trinajstić information content (AvgIpc) is 0.902. The summed E-state index contributed by atoms with van der Waals surface area (Å²) in [5, 5.41) is 137. The summed E-state index contributed by atoms with van der Waals surface area (Å²) in [5.41, 5.74) is 0.825. The molecule has 668 valence electrons. The van der Waals surface area contributed by atoms with E-state index in [1.165, 1.54) is 21.8 Å². The third-order valence-electron chi connectivity index (χ3n) is 23.6. The molecule has 2 aromatic heterocycles.